The van der Waals surface area contributed by atoms with Gasteiger partial charge in [-0.05, 0) is 26.8 Å². The third kappa shape index (κ3) is 6.04. The van der Waals surface area contributed by atoms with Crippen molar-refractivity contribution in [2.24, 2.45) is 0 Å². The van der Waals surface area contributed by atoms with E-state index in [0.29, 0.717) is 19.7 Å². The van der Waals surface area contributed by atoms with Crippen LogP contribution in [-0.2, 0) is 11.3 Å². The molecule has 0 spiro atoms. The third-order valence-corrected chi connectivity index (χ3v) is 2.69. The molecule has 0 radical (unpaired) electrons. The quantitative estimate of drug-likeness (QED) is 0.709. The first-order valence-electron chi connectivity index (χ1n) is 7.28. The highest BCUT2D eigenvalue weighted by atomic mass is 16.6. The van der Waals surface area contributed by atoms with Crippen LogP contribution in [0.2, 0.25) is 0 Å². The number of carbonyl (C=O) groups excluding carboxylic acids is 1. The van der Waals surface area contributed by atoms with Gasteiger partial charge in [-0.15, -0.1) is 6.58 Å². The molecule has 0 saturated heterocycles. The smallest absolute Gasteiger partial charge is 0.410 e. The van der Waals surface area contributed by atoms with Crippen LogP contribution in [0.15, 0.2) is 49.6 Å². The molecule has 4 nitrogen and oxygen atoms in total. The van der Waals surface area contributed by atoms with E-state index in [1.807, 2.05) is 45.0 Å². The molecule has 4 heteroatoms. The molecule has 0 heterocycles. The van der Waals surface area contributed by atoms with Crippen molar-refractivity contribution in [1.82, 2.24) is 4.90 Å². The lowest BCUT2D eigenvalue weighted by atomic mass is 10.2. The SMILES string of the molecule is C=CCOc1ccccc1CN(CC=C)C(=O)OC(C)(C)C. The molecular formula is C18H25NO3. The van der Waals surface area contributed by atoms with Crippen molar-refractivity contribution in [2.75, 3.05) is 13.2 Å². The number of hydrogen-bond donors (Lipinski definition) is 0. The molecule has 1 amide bonds. The van der Waals surface area contributed by atoms with Crippen molar-refractivity contribution in [1.29, 1.82) is 0 Å². The second kappa shape index (κ2) is 8.27. The number of benzene rings is 1. The molecule has 0 unspecified atom stereocenters. The summed E-state index contributed by atoms with van der Waals surface area (Å²) < 4.78 is 11.1. The van der Waals surface area contributed by atoms with Crippen LogP contribution in [0.25, 0.3) is 0 Å². The molecule has 0 aromatic heterocycles. The minimum absolute atomic E-state index is 0.370. The number of rotatable bonds is 7. The Balaban J connectivity index is 2.88. The molecule has 1 rings (SSSR count). The number of amides is 1. The lowest BCUT2D eigenvalue weighted by molar-refractivity contribution is 0.0255. The second-order valence-electron chi connectivity index (χ2n) is 5.86. The molecule has 0 aliphatic heterocycles. The van der Waals surface area contributed by atoms with E-state index >= 15 is 0 Å². The Labute approximate surface area is 133 Å². The van der Waals surface area contributed by atoms with Gasteiger partial charge in [-0.2, -0.15) is 0 Å². The zero-order valence-electron chi connectivity index (χ0n) is 13.7. The molecule has 0 aliphatic rings. The summed E-state index contributed by atoms with van der Waals surface area (Å²) in [6, 6.07) is 7.61. The Morgan fingerprint density at radius 1 is 1.23 bits per heavy atom. The van der Waals surface area contributed by atoms with Crippen molar-refractivity contribution < 1.29 is 14.3 Å². The predicted octanol–water partition coefficient (Wildman–Crippen LogP) is 4.17. The van der Waals surface area contributed by atoms with Crippen LogP contribution in [0.4, 0.5) is 4.79 Å². The van der Waals surface area contributed by atoms with Crippen molar-refractivity contribution in [2.45, 2.75) is 32.9 Å². The van der Waals surface area contributed by atoms with Gasteiger partial charge in [-0.3, -0.25) is 0 Å². The largest absolute Gasteiger partial charge is 0.489 e. The number of nitrogens with zero attached hydrogens (tertiary/aromatic N) is 1. The van der Waals surface area contributed by atoms with Crippen LogP contribution in [0.5, 0.6) is 5.75 Å². The van der Waals surface area contributed by atoms with E-state index in [1.54, 1.807) is 17.1 Å². The van der Waals surface area contributed by atoms with Gasteiger partial charge in [0.15, 0.2) is 0 Å². The Hall–Kier alpha value is -2.23. The fourth-order valence-corrected chi connectivity index (χ4v) is 1.82. The van der Waals surface area contributed by atoms with Gasteiger partial charge in [0.05, 0.1) is 6.54 Å². The summed E-state index contributed by atoms with van der Waals surface area (Å²) in [7, 11) is 0. The predicted molar refractivity (Wildman–Crippen MR) is 89.0 cm³/mol. The van der Waals surface area contributed by atoms with Gasteiger partial charge < -0.3 is 14.4 Å². The summed E-state index contributed by atoms with van der Waals surface area (Å²) in [5.74, 6) is 0.736. The van der Waals surface area contributed by atoms with Crippen LogP contribution in [-0.4, -0.2) is 29.7 Å². The standard InChI is InChI=1S/C18H25NO3/c1-6-12-19(17(20)22-18(3,4)5)14-15-10-8-9-11-16(15)21-13-7-2/h6-11H,1-2,12-14H2,3-5H3. The number of carbonyl (C=O) groups is 1. The molecule has 0 bridgehead atoms. The highest BCUT2D eigenvalue weighted by Gasteiger charge is 2.22. The highest BCUT2D eigenvalue weighted by Crippen LogP contribution is 2.21. The Morgan fingerprint density at radius 3 is 2.50 bits per heavy atom. The molecule has 0 fully saturated rings. The van der Waals surface area contributed by atoms with Crippen LogP contribution in [0, 0.1) is 0 Å². The first-order chi connectivity index (χ1) is 10.4. The molecule has 0 saturated carbocycles. The Morgan fingerprint density at radius 2 is 1.91 bits per heavy atom. The average molecular weight is 303 g/mol. The minimum Gasteiger partial charge on any atom is -0.489 e. The van der Waals surface area contributed by atoms with Gasteiger partial charge in [0.25, 0.3) is 0 Å². The van der Waals surface area contributed by atoms with Crippen LogP contribution >= 0.6 is 0 Å². The fourth-order valence-electron chi connectivity index (χ4n) is 1.82. The van der Waals surface area contributed by atoms with E-state index in [-0.39, 0.29) is 6.09 Å². The van der Waals surface area contributed by atoms with Crippen molar-refractivity contribution in [3.8, 4) is 5.75 Å². The normalized spacial score (nSPS) is 10.7. The third-order valence-electron chi connectivity index (χ3n) is 2.69. The maximum Gasteiger partial charge on any atom is 0.410 e. The van der Waals surface area contributed by atoms with E-state index in [1.165, 1.54) is 0 Å². The van der Waals surface area contributed by atoms with Gasteiger partial charge in [0, 0.05) is 12.1 Å². The van der Waals surface area contributed by atoms with Gasteiger partial charge in [0.2, 0.25) is 0 Å². The zero-order valence-corrected chi connectivity index (χ0v) is 13.7. The fraction of sp³-hybridized carbons (Fsp3) is 0.389. The van der Waals surface area contributed by atoms with Gasteiger partial charge in [-0.25, -0.2) is 4.79 Å². The maximum absolute atomic E-state index is 12.3. The summed E-state index contributed by atoms with van der Waals surface area (Å²) in [4.78, 5) is 13.9. The van der Waals surface area contributed by atoms with E-state index < -0.39 is 5.60 Å². The Kier molecular flexibility index (Phi) is 6.70. The first-order valence-corrected chi connectivity index (χ1v) is 7.28. The zero-order chi connectivity index (χ0) is 16.6. The van der Waals surface area contributed by atoms with Gasteiger partial charge >= 0.3 is 6.09 Å². The lowest BCUT2D eigenvalue weighted by Gasteiger charge is -2.27. The number of ether oxygens (including phenoxy) is 2. The van der Waals surface area contributed by atoms with Crippen LogP contribution in [0.1, 0.15) is 26.3 Å². The second-order valence-corrected chi connectivity index (χ2v) is 5.86. The first kappa shape index (κ1) is 17.8. The molecule has 0 atom stereocenters. The molecule has 120 valence electrons. The van der Waals surface area contributed by atoms with Crippen molar-refractivity contribution in [3.05, 3.63) is 55.1 Å². The summed E-state index contributed by atoms with van der Waals surface area (Å²) in [6.07, 6.45) is 2.99. The maximum atomic E-state index is 12.3. The Bertz CT molecular complexity index is 517. The summed E-state index contributed by atoms with van der Waals surface area (Å²) >= 11 is 0. The van der Waals surface area contributed by atoms with Crippen molar-refractivity contribution >= 4 is 6.09 Å². The minimum atomic E-state index is -0.532. The summed E-state index contributed by atoms with van der Waals surface area (Å²) in [5, 5.41) is 0. The van der Waals surface area contributed by atoms with E-state index in [4.69, 9.17) is 9.47 Å². The number of para-hydroxylation sites is 1. The van der Waals surface area contributed by atoms with E-state index in [2.05, 4.69) is 13.2 Å². The van der Waals surface area contributed by atoms with Crippen molar-refractivity contribution in [3.63, 3.8) is 0 Å². The topological polar surface area (TPSA) is 38.8 Å². The monoisotopic (exact) mass is 303 g/mol. The van der Waals surface area contributed by atoms with E-state index in [9.17, 15) is 4.79 Å². The molecule has 22 heavy (non-hydrogen) atoms. The molecule has 0 aliphatic carbocycles. The molecule has 1 aromatic carbocycles. The van der Waals surface area contributed by atoms with Gasteiger partial charge in [-0.1, -0.05) is 36.9 Å². The number of hydrogen-bond acceptors (Lipinski definition) is 3. The van der Waals surface area contributed by atoms with Crippen LogP contribution < -0.4 is 4.74 Å². The average Bonchev–Trinajstić information content (AvgIpc) is 2.44. The summed E-state index contributed by atoms with van der Waals surface area (Å²) in [6.45, 7) is 14.1. The van der Waals surface area contributed by atoms with E-state index in [0.717, 1.165) is 11.3 Å². The molecule has 0 N–H and O–H groups in total. The van der Waals surface area contributed by atoms with Gasteiger partial charge in [0.1, 0.15) is 18.0 Å². The van der Waals surface area contributed by atoms with Crippen LogP contribution in [0.3, 0.4) is 0 Å². The highest BCUT2D eigenvalue weighted by molar-refractivity contribution is 5.68. The summed E-state index contributed by atoms with van der Waals surface area (Å²) in [5.41, 5.74) is 0.382. The lowest BCUT2D eigenvalue weighted by Crippen LogP contribution is -2.36. The molecule has 1 aromatic rings. The molecular weight excluding hydrogens is 278 g/mol.